The van der Waals surface area contributed by atoms with Gasteiger partial charge in [-0.15, -0.1) is 0 Å². The molecule has 0 saturated heterocycles. The van der Waals surface area contributed by atoms with Crippen molar-refractivity contribution in [2.24, 2.45) is 0 Å². The van der Waals surface area contributed by atoms with Gasteiger partial charge in [-0.25, -0.2) is 4.52 Å². The first-order valence-corrected chi connectivity index (χ1v) is 10.4. The zero-order chi connectivity index (χ0) is 22.1. The van der Waals surface area contributed by atoms with Gasteiger partial charge in [0.05, 0.1) is 11.6 Å². The van der Waals surface area contributed by atoms with E-state index in [0.29, 0.717) is 12.2 Å². The molecule has 160 valence electrons. The lowest BCUT2D eigenvalue weighted by molar-refractivity contribution is -0.124. The Labute approximate surface area is 180 Å². The number of carbonyl (C=O) groups is 1. The molecular weight excluding hydrogens is 392 g/mol. The van der Waals surface area contributed by atoms with Gasteiger partial charge in [0.1, 0.15) is 11.8 Å². The fraction of sp³-hybridized carbons (Fsp3) is 0.292. The molecule has 0 aliphatic heterocycles. The fourth-order valence-electron chi connectivity index (χ4n) is 3.80. The molecule has 0 aliphatic carbocycles. The Kier molecular flexibility index (Phi) is 5.50. The molecule has 4 aromatic rings. The lowest BCUT2D eigenvalue weighted by atomic mass is 10.2. The molecule has 1 N–H and O–H groups in total. The van der Waals surface area contributed by atoms with Crippen LogP contribution in [0.1, 0.15) is 38.1 Å². The number of hydrogen-bond donors (Lipinski definition) is 1. The maximum atomic E-state index is 13.0. The van der Waals surface area contributed by atoms with Crippen molar-refractivity contribution in [3.8, 4) is 5.75 Å². The summed E-state index contributed by atoms with van der Waals surface area (Å²) in [5.74, 6) is 0.684. The van der Waals surface area contributed by atoms with Gasteiger partial charge in [0.25, 0.3) is 5.56 Å². The van der Waals surface area contributed by atoms with Gasteiger partial charge in [-0.1, -0.05) is 24.3 Å². The molecule has 7 nitrogen and oxygen atoms in total. The molecule has 2 aromatic heterocycles. The van der Waals surface area contributed by atoms with E-state index in [1.165, 1.54) is 6.07 Å². The van der Waals surface area contributed by atoms with Crippen LogP contribution in [0.5, 0.6) is 5.75 Å². The second kappa shape index (κ2) is 8.26. The van der Waals surface area contributed by atoms with Gasteiger partial charge in [0.15, 0.2) is 5.65 Å². The van der Waals surface area contributed by atoms with Crippen molar-refractivity contribution in [2.75, 3.05) is 0 Å². The van der Waals surface area contributed by atoms with Crippen molar-refractivity contribution in [3.63, 3.8) is 0 Å². The maximum absolute atomic E-state index is 13.0. The Morgan fingerprint density at radius 2 is 1.81 bits per heavy atom. The third-order valence-corrected chi connectivity index (χ3v) is 5.20. The van der Waals surface area contributed by atoms with E-state index in [9.17, 15) is 9.59 Å². The predicted molar refractivity (Wildman–Crippen MR) is 120 cm³/mol. The molecule has 2 heterocycles. The van der Waals surface area contributed by atoms with Crippen LogP contribution in [0.15, 0.2) is 59.4 Å². The van der Waals surface area contributed by atoms with E-state index < -0.39 is 6.04 Å². The Hall–Kier alpha value is -3.61. The summed E-state index contributed by atoms with van der Waals surface area (Å²) in [6.07, 6.45) is 0.116. The third kappa shape index (κ3) is 4.03. The van der Waals surface area contributed by atoms with Crippen LogP contribution in [0, 0.1) is 6.92 Å². The van der Waals surface area contributed by atoms with Crippen LogP contribution in [-0.4, -0.2) is 26.2 Å². The molecule has 7 heteroatoms. The van der Waals surface area contributed by atoms with Crippen LogP contribution < -0.4 is 15.6 Å². The SMILES string of the molecule is Cc1cc(=O)nc2c3ccccc3n([C@H](C)C(=O)NCc3ccc(OC(C)C)cc3)n12. The number of ether oxygens (including phenoxy) is 1. The van der Waals surface area contributed by atoms with Crippen molar-refractivity contribution < 1.29 is 9.53 Å². The van der Waals surface area contributed by atoms with Gasteiger partial charge in [0.2, 0.25) is 5.91 Å². The quantitative estimate of drug-likeness (QED) is 0.519. The van der Waals surface area contributed by atoms with E-state index in [-0.39, 0.29) is 17.6 Å². The number of nitrogens with one attached hydrogen (secondary N) is 1. The summed E-state index contributed by atoms with van der Waals surface area (Å²) in [5, 5.41) is 3.85. The van der Waals surface area contributed by atoms with Crippen LogP contribution in [0.25, 0.3) is 16.6 Å². The molecule has 0 fully saturated rings. The smallest absolute Gasteiger partial charge is 0.273 e. The average molecular weight is 418 g/mol. The van der Waals surface area contributed by atoms with Crippen LogP contribution >= 0.6 is 0 Å². The second-order valence-corrected chi connectivity index (χ2v) is 7.94. The average Bonchev–Trinajstić information content (AvgIpc) is 3.07. The number of carbonyl (C=O) groups excluding carboxylic acids is 1. The topological polar surface area (TPSA) is 77.6 Å². The first kappa shape index (κ1) is 20.7. The molecule has 1 atom stereocenters. The summed E-state index contributed by atoms with van der Waals surface area (Å²) in [6.45, 7) is 8.07. The Morgan fingerprint density at radius 1 is 1.10 bits per heavy atom. The summed E-state index contributed by atoms with van der Waals surface area (Å²) < 4.78 is 9.39. The number of benzene rings is 2. The first-order valence-electron chi connectivity index (χ1n) is 10.4. The molecular formula is C24H26N4O3. The Balaban J connectivity index is 1.61. The third-order valence-electron chi connectivity index (χ3n) is 5.20. The zero-order valence-corrected chi connectivity index (χ0v) is 18.1. The molecule has 2 aromatic carbocycles. The van der Waals surface area contributed by atoms with Crippen LogP contribution in [0.4, 0.5) is 0 Å². The number of aromatic nitrogens is 3. The molecule has 1 amide bonds. The summed E-state index contributed by atoms with van der Waals surface area (Å²) in [7, 11) is 0. The van der Waals surface area contributed by atoms with Gasteiger partial charge in [0, 0.05) is 23.7 Å². The van der Waals surface area contributed by atoms with Crippen molar-refractivity contribution in [1.29, 1.82) is 0 Å². The molecule has 31 heavy (non-hydrogen) atoms. The van der Waals surface area contributed by atoms with E-state index in [4.69, 9.17) is 4.74 Å². The summed E-state index contributed by atoms with van der Waals surface area (Å²) in [6, 6.07) is 16.3. The van der Waals surface area contributed by atoms with Gasteiger partial charge in [-0.05, 0) is 57.5 Å². The number of hydrogen-bond acceptors (Lipinski definition) is 4. The van der Waals surface area contributed by atoms with E-state index in [1.54, 1.807) is 0 Å². The van der Waals surface area contributed by atoms with Crippen molar-refractivity contribution in [3.05, 3.63) is 76.2 Å². The summed E-state index contributed by atoms with van der Waals surface area (Å²) in [5.41, 5.74) is 2.83. The van der Waals surface area contributed by atoms with Gasteiger partial charge in [-0.3, -0.25) is 14.3 Å². The highest BCUT2D eigenvalue weighted by Gasteiger charge is 2.22. The van der Waals surface area contributed by atoms with Gasteiger partial charge < -0.3 is 10.1 Å². The van der Waals surface area contributed by atoms with Crippen molar-refractivity contribution >= 4 is 22.5 Å². The number of fused-ring (bicyclic) bond motifs is 3. The van der Waals surface area contributed by atoms with Gasteiger partial charge >= 0.3 is 0 Å². The second-order valence-electron chi connectivity index (χ2n) is 7.94. The molecule has 0 spiro atoms. The van der Waals surface area contributed by atoms with Crippen molar-refractivity contribution in [2.45, 2.75) is 46.4 Å². The zero-order valence-electron chi connectivity index (χ0n) is 18.1. The molecule has 0 unspecified atom stereocenters. The number of amides is 1. The minimum absolute atomic E-state index is 0.116. The lowest BCUT2D eigenvalue weighted by Gasteiger charge is -2.18. The predicted octanol–water partition coefficient (Wildman–Crippen LogP) is 3.62. The molecule has 0 saturated carbocycles. The van der Waals surface area contributed by atoms with Gasteiger partial charge in [-0.2, -0.15) is 4.98 Å². The van der Waals surface area contributed by atoms with E-state index in [0.717, 1.165) is 27.9 Å². The normalized spacial score (nSPS) is 12.4. The minimum Gasteiger partial charge on any atom is -0.491 e. The highest BCUT2D eigenvalue weighted by atomic mass is 16.5. The Bertz CT molecular complexity index is 1300. The maximum Gasteiger partial charge on any atom is 0.273 e. The van der Waals surface area contributed by atoms with Crippen LogP contribution in [-0.2, 0) is 11.3 Å². The number of rotatable bonds is 6. The summed E-state index contributed by atoms with van der Waals surface area (Å²) >= 11 is 0. The Morgan fingerprint density at radius 3 is 2.52 bits per heavy atom. The summed E-state index contributed by atoms with van der Waals surface area (Å²) in [4.78, 5) is 29.2. The minimum atomic E-state index is -0.506. The van der Waals surface area contributed by atoms with Crippen LogP contribution in [0.2, 0.25) is 0 Å². The highest BCUT2D eigenvalue weighted by Crippen LogP contribution is 2.25. The monoisotopic (exact) mass is 418 g/mol. The van der Waals surface area contributed by atoms with Crippen LogP contribution in [0.3, 0.4) is 0 Å². The van der Waals surface area contributed by atoms with E-state index in [2.05, 4.69) is 10.3 Å². The van der Waals surface area contributed by atoms with E-state index >= 15 is 0 Å². The standard InChI is InChI=1S/C24H26N4O3/c1-15(2)31-19-11-9-18(10-12-19)14-25-24(30)17(4)28-21-8-6-5-7-20(21)23-26-22(29)13-16(3)27(23)28/h5-13,15,17H,14H2,1-4H3,(H,25,30)/t17-/m1/s1. The first-order chi connectivity index (χ1) is 14.8. The molecule has 0 aliphatic rings. The number of para-hydroxylation sites is 1. The number of aryl methyl sites for hydroxylation is 1. The van der Waals surface area contributed by atoms with Crippen molar-refractivity contribution in [1.82, 2.24) is 19.5 Å². The molecule has 4 rings (SSSR count). The largest absolute Gasteiger partial charge is 0.491 e. The lowest BCUT2D eigenvalue weighted by Crippen LogP contribution is -2.32. The molecule has 0 bridgehead atoms. The fourth-order valence-corrected chi connectivity index (χ4v) is 3.80. The molecule has 0 radical (unpaired) electrons. The van der Waals surface area contributed by atoms with E-state index in [1.807, 2.05) is 85.4 Å². The highest BCUT2D eigenvalue weighted by molar-refractivity contribution is 5.94. The number of nitrogens with zero attached hydrogens (tertiary/aromatic N) is 3.